The molecule has 0 radical (unpaired) electrons. The summed E-state index contributed by atoms with van der Waals surface area (Å²) < 4.78 is 41.1. The normalized spacial score (nSPS) is 18.2. The standard InChI is InChI=1S/C16H18F3N5O/c1-23-9-6-13(22-23)15(25)21-11-4-3-8-24(10-11)14-12(16(17,18)19)5-2-7-20-14/h2,5-7,9,11H,3-4,8,10H2,1H3,(H,21,25). The van der Waals surface area contributed by atoms with Gasteiger partial charge in [-0.15, -0.1) is 0 Å². The number of carbonyl (C=O) groups excluding carboxylic acids is 1. The Bertz CT molecular complexity index is 758. The van der Waals surface area contributed by atoms with Crippen LogP contribution in [0, 0.1) is 0 Å². The minimum absolute atomic E-state index is 0.0909. The number of amides is 1. The van der Waals surface area contributed by atoms with Gasteiger partial charge in [-0.2, -0.15) is 18.3 Å². The Kier molecular flexibility index (Phi) is 4.65. The summed E-state index contributed by atoms with van der Waals surface area (Å²) in [7, 11) is 1.71. The third-order valence-electron chi connectivity index (χ3n) is 4.09. The molecule has 1 atom stereocenters. The predicted octanol–water partition coefficient (Wildman–Crippen LogP) is 2.23. The van der Waals surface area contributed by atoms with Crippen molar-refractivity contribution in [2.75, 3.05) is 18.0 Å². The van der Waals surface area contributed by atoms with E-state index in [0.29, 0.717) is 19.4 Å². The van der Waals surface area contributed by atoms with Crippen LogP contribution < -0.4 is 10.2 Å². The third-order valence-corrected chi connectivity index (χ3v) is 4.09. The number of aryl methyl sites for hydroxylation is 1. The maximum atomic E-state index is 13.2. The van der Waals surface area contributed by atoms with Crippen LogP contribution in [0.3, 0.4) is 0 Å². The zero-order valence-corrected chi connectivity index (χ0v) is 13.6. The smallest absolute Gasteiger partial charge is 0.354 e. The van der Waals surface area contributed by atoms with E-state index >= 15 is 0 Å². The average molecular weight is 353 g/mol. The van der Waals surface area contributed by atoms with E-state index in [2.05, 4.69) is 15.4 Å². The van der Waals surface area contributed by atoms with Gasteiger partial charge >= 0.3 is 6.18 Å². The Morgan fingerprint density at radius 2 is 2.16 bits per heavy atom. The van der Waals surface area contributed by atoms with Crippen LogP contribution in [0.5, 0.6) is 0 Å². The van der Waals surface area contributed by atoms with Crippen LogP contribution in [-0.2, 0) is 13.2 Å². The van der Waals surface area contributed by atoms with Crippen LogP contribution in [0.15, 0.2) is 30.6 Å². The molecule has 0 spiro atoms. The lowest BCUT2D eigenvalue weighted by Crippen LogP contribution is -2.48. The number of aromatic nitrogens is 3. The van der Waals surface area contributed by atoms with E-state index in [1.807, 2.05) is 0 Å². The number of carbonyl (C=O) groups is 1. The molecule has 25 heavy (non-hydrogen) atoms. The molecule has 1 aliphatic rings. The van der Waals surface area contributed by atoms with Crippen LogP contribution >= 0.6 is 0 Å². The number of halogens is 3. The van der Waals surface area contributed by atoms with Crippen LogP contribution in [-0.4, -0.2) is 39.8 Å². The number of nitrogens with one attached hydrogen (secondary N) is 1. The molecular formula is C16H18F3N5O. The van der Waals surface area contributed by atoms with Gasteiger partial charge in [-0.25, -0.2) is 4.98 Å². The molecule has 2 aromatic rings. The molecule has 3 heterocycles. The lowest BCUT2D eigenvalue weighted by molar-refractivity contribution is -0.137. The number of pyridine rings is 1. The van der Waals surface area contributed by atoms with Crippen molar-refractivity contribution in [1.82, 2.24) is 20.1 Å². The van der Waals surface area contributed by atoms with Gasteiger partial charge in [0, 0.05) is 38.6 Å². The molecule has 134 valence electrons. The third kappa shape index (κ3) is 3.92. The first-order valence-corrected chi connectivity index (χ1v) is 7.92. The van der Waals surface area contributed by atoms with Crippen molar-refractivity contribution in [2.24, 2.45) is 7.05 Å². The largest absolute Gasteiger partial charge is 0.419 e. The first kappa shape index (κ1) is 17.2. The van der Waals surface area contributed by atoms with E-state index in [4.69, 9.17) is 0 Å². The zero-order valence-electron chi connectivity index (χ0n) is 13.6. The van der Waals surface area contributed by atoms with Crippen LogP contribution in [0.1, 0.15) is 28.9 Å². The monoisotopic (exact) mass is 353 g/mol. The van der Waals surface area contributed by atoms with Crippen molar-refractivity contribution in [1.29, 1.82) is 0 Å². The molecule has 0 aromatic carbocycles. The number of hydrogen-bond acceptors (Lipinski definition) is 4. The number of alkyl halides is 3. The molecule has 1 unspecified atom stereocenters. The molecule has 0 saturated carbocycles. The first-order chi connectivity index (χ1) is 11.8. The highest BCUT2D eigenvalue weighted by Gasteiger charge is 2.36. The van der Waals surface area contributed by atoms with Gasteiger partial charge in [0.1, 0.15) is 11.5 Å². The number of rotatable bonds is 3. The van der Waals surface area contributed by atoms with E-state index in [9.17, 15) is 18.0 Å². The van der Waals surface area contributed by atoms with Crippen LogP contribution in [0.4, 0.5) is 19.0 Å². The Balaban J connectivity index is 1.73. The van der Waals surface area contributed by atoms with E-state index in [1.165, 1.54) is 16.9 Å². The second-order valence-electron chi connectivity index (χ2n) is 6.01. The summed E-state index contributed by atoms with van der Waals surface area (Å²) >= 11 is 0. The molecule has 1 saturated heterocycles. The number of nitrogens with zero attached hydrogens (tertiary/aromatic N) is 4. The summed E-state index contributed by atoms with van der Waals surface area (Å²) in [6.45, 7) is 0.745. The topological polar surface area (TPSA) is 63.1 Å². The molecule has 1 N–H and O–H groups in total. The summed E-state index contributed by atoms with van der Waals surface area (Å²) in [6, 6.07) is 3.64. The van der Waals surface area contributed by atoms with Crippen LogP contribution in [0.25, 0.3) is 0 Å². The Morgan fingerprint density at radius 3 is 2.84 bits per heavy atom. The van der Waals surface area contributed by atoms with E-state index < -0.39 is 11.7 Å². The van der Waals surface area contributed by atoms with Crippen molar-refractivity contribution in [3.8, 4) is 0 Å². The molecule has 1 fully saturated rings. The lowest BCUT2D eigenvalue weighted by atomic mass is 10.0. The molecule has 1 amide bonds. The Morgan fingerprint density at radius 1 is 1.36 bits per heavy atom. The maximum absolute atomic E-state index is 13.2. The zero-order chi connectivity index (χ0) is 18.0. The summed E-state index contributed by atoms with van der Waals surface area (Å²) in [5.41, 5.74) is -0.472. The van der Waals surface area contributed by atoms with Crippen molar-refractivity contribution in [3.05, 3.63) is 41.9 Å². The van der Waals surface area contributed by atoms with E-state index in [1.54, 1.807) is 24.2 Å². The van der Waals surface area contributed by atoms with Crippen molar-refractivity contribution in [3.63, 3.8) is 0 Å². The molecular weight excluding hydrogens is 335 g/mol. The number of piperidine rings is 1. The fraction of sp³-hybridized carbons (Fsp3) is 0.438. The molecule has 1 aliphatic heterocycles. The Labute approximate surface area is 142 Å². The van der Waals surface area contributed by atoms with Gasteiger partial charge in [-0.05, 0) is 31.0 Å². The summed E-state index contributed by atoms with van der Waals surface area (Å²) in [5.74, 6) is -0.420. The highest BCUT2D eigenvalue weighted by molar-refractivity contribution is 5.92. The van der Waals surface area contributed by atoms with Gasteiger partial charge in [0.15, 0.2) is 0 Å². The average Bonchev–Trinajstić information content (AvgIpc) is 3.01. The van der Waals surface area contributed by atoms with Crippen LogP contribution in [0.2, 0.25) is 0 Å². The van der Waals surface area contributed by atoms with Gasteiger partial charge in [-0.1, -0.05) is 0 Å². The van der Waals surface area contributed by atoms with Crippen molar-refractivity contribution >= 4 is 11.7 Å². The van der Waals surface area contributed by atoms with E-state index in [0.717, 1.165) is 6.07 Å². The minimum Gasteiger partial charge on any atom is -0.354 e. The molecule has 2 aromatic heterocycles. The van der Waals surface area contributed by atoms with Crippen molar-refractivity contribution < 1.29 is 18.0 Å². The first-order valence-electron chi connectivity index (χ1n) is 7.92. The van der Waals surface area contributed by atoms with Gasteiger partial charge in [0.05, 0.1) is 5.56 Å². The summed E-state index contributed by atoms with van der Waals surface area (Å²) in [4.78, 5) is 17.7. The second kappa shape index (κ2) is 6.73. The molecule has 0 aliphatic carbocycles. The quantitative estimate of drug-likeness (QED) is 0.919. The van der Waals surface area contributed by atoms with Gasteiger partial charge < -0.3 is 10.2 Å². The SMILES string of the molecule is Cn1ccc(C(=O)NC2CCCN(c3ncccc3C(F)(F)F)C2)n1. The fourth-order valence-electron chi connectivity index (χ4n) is 2.95. The Hall–Kier alpha value is -2.58. The highest BCUT2D eigenvalue weighted by atomic mass is 19.4. The van der Waals surface area contributed by atoms with Gasteiger partial charge in [0.2, 0.25) is 0 Å². The highest BCUT2D eigenvalue weighted by Crippen LogP contribution is 2.35. The summed E-state index contributed by atoms with van der Waals surface area (Å²) in [6.07, 6.45) is -0.0930. The molecule has 6 nitrogen and oxygen atoms in total. The predicted molar refractivity (Wildman–Crippen MR) is 85.1 cm³/mol. The van der Waals surface area contributed by atoms with Gasteiger partial charge in [-0.3, -0.25) is 9.48 Å². The molecule has 9 heteroatoms. The minimum atomic E-state index is -4.46. The number of hydrogen-bond donors (Lipinski definition) is 1. The maximum Gasteiger partial charge on any atom is 0.419 e. The fourth-order valence-corrected chi connectivity index (χ4v) is 2.95. The second-order valence-corrected chi connectivity index (χ2v) is 6.01. The lowest BCUT2D eigenvalue weighted by Gasteiger charge is -2.35. The van der Waals surface area contributed by atoms with E-state index in [-0.39, 0.29) is 30.0 Å². The molecule has 0 bridgehead atoms. The van der Waals surface area contributed by atoms with Crippen molar-refractivity contribution in [2.45, 2.75) is 25.1 Å². The van der Waals surface area contributed by atoms with Gasteiger partial charge in [0.25, 0.3) is 5.91 Å². The number of anilines is 1. The summed E-state index contributed by atoms with van der Waals surface area (Å²) in [5, 5.41) is 6.87. The molecule has 3 rings (SSSR count).